The molecule has 0 radical (unpaired) electrons. The molecule has 0 spiro atoms. The number of aliphatic hydroxyl groups is 1. The first-order valence-corrected chi connectivity index (χ1v) is 8.67. The molecule has 0 unspecified atom stereocenters. The van der Waals surface area contributed by atoms with Gasteiger partial charge in [0, 0.05) is 28.0 Å². The van der Waals surface area contributed by atoms with Gasteiger partial charge < -0.3 is 5.11 Å². The van der Waals surface area contributed by atoms with E-state index in [2.05, 4.69) is 42.8 Å². The lowest BCUT2D eigenvalue weighted by molar-refractivity contribution is 0.282. The number of H-pyrrole nitrogens is 1. The van der Waals surface area contributed by atoms with Crippen LogP contribution in [0.25, 0.3) is 11.4 Å². The Balaban J connectivity index is 1.65. The van der Waals surface area contributed by atoms with Crippen molar-refractivity contribution in [3.05, 3.63) is 45.4 Å². The maximum atomic E-state index is 9.74. The maximum Gasteiger partial charge on any atom is 0.205 e. The van der Waals surface area contributed by atoms with E-state index in [9.17, 15) is 5.11 Å². The number of tetrazole rings is 1. The minimum absolute atomic E-state index is 0.139. The van der Waals surface area contributed by atoms with Gasteiger partial charge in [-0.15, -0.1) is 21.5 Å². The Morgan fingerprint density at radius 2 is 2.21 bits per heavy atom. The number of thiazole rings is 1. The Labute approximate surface area is 143 Å². The number of aromatic amines is 1. The average Bonchev–Trinajstić information content (AvgIpc) is 3.23. The number of nitrogens with one attached hydrogen (secondary N) is 1. The topological polar surface area (TPSA) is 87.6 Å². The highest BCUT2D eigenvalue weighted by atomic mass is 32.1. The molecule has 1 aliphatic carbocycles. The van der Waals surface area contributed by atoms with Crippen LogP contribution in [0.1, 0.15) is 47.0 Å². The van der Waals surface area contributed by atoms with Crippen LogP contribution in [0.3, 0.4) is 0 Å². The van der Waals surface area contributed by atoms with E-state index in [-0.39, 0.29) is 6.61 Å². The highest BCUT2D eigenvalue weighted by Crippen LogP contribution is 2.36. The molecular formula is C17H15N5OS. The fourth-order valence-electron chi connectivity index (χ4n) is 2.72. The lowest BCUT2D eigenvalue weighted by Gasteiger charge is -2.22. The number of aromatic nitrogens is 5. The summed E-state index contributed by atoms with van der Waals surface area (Å²) in [6.07, 6.45) is 3.77. The fourth-order valence-corrected chi connectivity index (χ4v) is 3.46. The van der Waals surface area contributed by atoms with Crippen molar-refractivity contribution in [1.29, 1.82) is 0 Å². The van der Waals surface area contributed by atoms with Gasteiger partial charge in [0.05, 0.1) is 12.3 Å². The summed E-state index contributed by atoms with van der Waals surface area (Å²) in [7, 11) is 0. The Kier molecular flexibility index (Phi) is 4.07. The van der Waals surface area contributed by atoms with Crippen LogP contribution in [-0.4, -0.2) is 30.7 Å². The maximum absolute atomic E-state index is 9.74. The van der Waals surface area contributed by atoms with Gasteiger partial charge in [-0.1, -0.05) is 24.5 Å². The lowest BCUT2D eigenvalue weighted by atomic mass is 9.83. The van der Waals surface area contributed by atoms with Gasteiger partial charge in [0.15, 0.2) is 5.01 Å². The SMILES string of the molecule is OCc1c(C#Cc2nc(C3CCC3)cs2)cccc1-c1nn[nH]n1. The van der Waals surface area contributed by atoms with Crippen LogP contribution in [0.5, 0.6) is 0 Å². The molecule has 1 aliphatic rings. The van der Waals surface area contributed by atoms with E-state index in [1.165, 1.54) is 25.0 Å². The van der Waals surface area contributed by atoms with Crippen molar-refractivity contribution >= 4 is 11.3 Å². The fraction of sp³-hybridized carbons (Fsp3) is 0.294. The van der Waals surface area contributed by atoms with E-state index in [4.69, 9.17) is 0 Å². The molecule has 2 aromatic heterocycles. The van der Waals surface area contributed by atoms with E-state index in [1.54, 1.807) is 11.3 Å². The van der Waals surface area contributed by atoms with Crippen LogP contribution in [-0.2, 0) is 6.61 Å². The first kappa shape index (κ1) is 15.0. The molecule has 2 N–H and O–H groups in total. The van der Waals surface area contributed by atoms with Gasteiger partial charge in [0.1, 0.15) is 0 Å². The molecule has 0 amide bonds. The van der Waals surface area contributed by atoms with Crippen molar-refractivity contribution in [3.63, 3.8) is 0 Å². The van der Waals surface area contributed by atoms with Gasteiger partial charge in [0.25, 0.3) is 0 Å². The van der Waals surface area contributed by atoms with E-state index in [0.717, 1.165) is 16.1 Å². The van der Waals surface area contributed by atoms with Crippen molar-refractivity contribution in [2.75, 3.05) is 0 Å². The van der Waals surface area contributed by atoms with E-state index >= 15 is 0 Å². The third-order valence-electron chi connectivity index (χ3n) is 4.27. The number of nitrogens with zero attached hydrogens (tertiary/aromatic N) is 4. The van der Waals surface area contributed by atoms with E-state index < -0.39 is 0 Å². The third kappa shape index (κ3) is 2.82. The summed E-state index contributed by atoms with van der Waals surface area (Å²) in [6.45, 7) is -0.139. The zero-order valence-electron chi connectivity index (χ0n) is 12.9. The Hall–Kier alpha value is -2.56. The molecule has 0 atom stereocenters. The largest absolute Gasteiger partial charge is 0.392 e. The van der Waals surface area contributed by atoms with Crippen LogP contribution < -0.4 is 0 Å². The van der Waals surface area contributed by atoms with Crippen LogP contribution in [0.2, 0.25) is 0 Å². The molecule has 1 fully saturated rings. The summed E-state index contributed by atoms with van der Waals surface area (Å²) in [5.41, 5.74) is 3.34. The van der Waals surface area contributed by atoms with Crippen molar-refractivity contribution in [2.45, 2.75) is 31.8 Å². The monoisotopic (exact) mass is 337 g/mol. The van der Waals surface area contributed by atoms with Crippen LogP contribution in [0.15, 0.2) is 23.6 Å². The normalized spacial score (nSPS) is 14.0. The molecule has 3 aromatic rings. The highest BCUT2D eigenvalue weighted by Gasteiger charge is 2.21. The van der Waals surface area contributed by atoms with Gasteiger partial charge in [-0.05, 0) is 30.0 Å². The second-order valence-corrected chi connectivity index (χ2v) is 6.54. The molecule has 24 heavy (non-hydrogen) atoms. The number of hydrogen-bond donors (Lipinski definition) is 2. The third-order valence-corrected chi connectivity index (χ3v) is 5.05. The smallest absolute Gasteiger partial charge is 0.205 e. The second-order valence-electron chi connectivity index (χ2n) is 5.68. The summed E-state index contributed by atoms with van der Waals surface area (Å²) in [6, 6.07) is 5.60. The summed E-state index contributed by atoms with van der Waals surface area (Å²) in [5.74, 6) is 7.30. The van der Waals surface area contributed by atoms with Crippen molar-refractivity contribution in [3.8, 4) is 23.2 Å². The number of hydrogen-bond acceptors (Lipinski definition) is 6. The molecule has 120 valence electrons. The average molecular weight is 337 g/mol. The molecule has 1 aromatic carbocycles. The molecule has 4 rings (SSSR count). The van der Waals surface area contributed by atoms with Crippen molar-refractivity contribution in [2.24, 2.45) is 0 Å². The molecular weight excluding hydrogens is 322 g/mol. The second kappa shape index (κ2) is 6.51. The first-order chi connectivity index (χ1) is 11.8. The molecule has 0 bridgehead atoms. The quantitative estimate of drug-likeness (QED) is 0.717. The molecule has 0 saturated heterocycles. The molecule has 7 heteroatoms. The van der Waals surface area contributed by atoms with Crippen LogP contribution in [0.4, 0.5) is 0 Å². The molecule has 0 aliphatic heterocycles. The van der Waals surface area contributed by atoms with Gasteiger partial charge in [-0.3, -0.25) is 0 Å². The van der Waals surface area contributed by atoms with Gasteiger partial charge >= 0.3 is 0 Å². The van der Waals surface area contributed by atoms with Crippen molar-refractivity contribution < 1.29 is 5.11 Å². The summed E-state index contributed by atoms with van der Waals surface area (Å²) < 4.78 is 0. The Morgan fingerprint density at radius 3 is 2.92 bits per heavy atom. The number of aliphatic hydroxyl groups excluding tert-OH is 1. The Bertz CT molecular complexity index is 903. The zero-order chi connectivity index (χ0) is 16.4. The lowest BCUT2D eigenvalue weighted by Crippen LogP contribution is -2.08. The van der Waals surface area contributed by atoms with Gasteiger partial charge in [0.2, 0.25) is 5.82 Å². The summed E-state index contributed by atoms with van der Waals surface area (Å²) >= 11 is 1.57. The van der Waals surface area contributed by atoms with Crippen molar-refractivity contribution in [1.82, 2.24) is 25.6 Å². The predicted octanol–water partition coefficient (Wildman–Crippen LogP) is 2.48. The Morgan fingerprint density at radius 1 is 1.29 bits per heavy atom. The van der Waals surface area contributed by atoms with Gasteiger partial charge in [-0.2, -0.15) is 5.21 Å². The molecule has 6 nitrogen and oxygen atoms in total. The first-order valence-electron chi connectivity index (χ1n) is 7.79. The number of rotatable bonds is 3. The summed E-state index contributed by atoms with van der Waals surface area (Å²) in [5, 5.41) is 26.6. The standard InChI is InChI=1S/C17H15N5OS/c23-9-14-11(3-2-6-13(14)17-19-21-22-20-17)7-8-16-18-15(10-24-16)12-4-1-5-12/h2-3,6,10,12,23H,1,4-5,9H2,(H,19,20,21,22). The molecule has 1 saturated carbocycles. The van der Waals surface area contributed by atoms with E-state index in [1.807, 2.05) is 18.2 Å². The van der Waals surface area contributed by atoms with Gasteiger partial charge in [-0.25, -0.2) is 4.98 Å². The van der Waals surface area contributed by atoms with E-state index in [0.29, 0.717) is 17.3 Å². The predicted molar refractivity (Wildman–Crippen MR) is 90.2 cm³/mol. The number of benzene rings is 1. The zero-order valence-corrected chi connectivity index (χ0v) is 13.7. The highest BCUT2D eigenvalue weighted by molar-refractivity contribution is 7.10. The minimum atomic E-state index is -0.139. The molecule has 2 heterocycles. The summed E-state index contributed by atoms with van der Waals surface area (Å²) in [4.78, 5) is 4.62. The minimum Gasteiger partial charge on any atom is -0.392 e. The van der Waals surface area contributed by atoms with Crippen LogP contribution in [0, 0.1) is 11.8 Å². The van der Waals surface area contributed by atoms with Crippen LogP contribution >= 0.6 is 11.3 Å².